The number of carbonyl (C=O) groups is 2. The van der Waals surface area contributed by atoms with Crippen molar-refractivity contribution in [2.45, 2.75) is 18.9 Å². The number of aliphatic carboxylic acids is 1. The fraction of sp³-hybridized carbons (Fsp3) is 0.333. The maximum atomic E-state index is 12.4. The SMILES string of the molecule is Cc1cc(C(=O)NC2(C(=O)O)CCOC2)ccc1-n1cncn1. The summed E-state index contributed by atoms with van der Waals surface area (Å²) in [4.78, 5) is 27.7. The molecule has 0 aliphatic carbocycles. The summed E-state index contributed by atoms with van der Waals surface area (Å²) in [5, 5.41) is 16.0. The summed E-state index contributed by atoms with van der Waals surface area (Å²) in [5.74, 6) is -1.52. The lowest BCUT2D eigenvalue weighted by atomic mass is 9.98. The molecule has 1 atom stereocenters. The third kappa shape index (κ3) is 2.80. The molecule has 2 aromatic rings. The van der Waals surface area contributed by atoms with Crippen LogP contribution in [0.2, 0.25) is 0 Å². The van der Waals surface area contributed by atoms with E-state index in [9.17, 15) is 14.7 Å². The molecule has 1 saturated heterocycles. The van der Waals surface area contributed by atoms with Gasteiger partial charge in [0.2, 0.25) is 0 Å². The highest BCUT2D eigenvalue weighted by Gasteiger charge is 2.44. The number of amides is 1. The van der Waals surface area contributed by atoms with Gasteiger partial charge in [-0.3, -0.25) is 4.79 Å². The van der Waals surface area contributed by atoms with Crippen LogP contribution in [0.1, 0.15) is 22.3 Å². The topological polar surface area (TPSA) is 106 Å². The quantitative estimate of drug-likeness (QED) is 0.853. The van der Waals surface area contributed by atoms with Crippen molar-refractivity contribution in [3.8, 4) is 5.69 Å². The molecule has 0 bridgehead atoms. The first-order chi connectivity index (χ1) is 11.0. The first-order valence-corrected chi connectivity index (χ1v) is 7.11. The van der Waals surface area contributed by atoms with Crippen LogP contribution < -0.4 is 5.32 Å². The molecule has 1 aromatic heterocycles. The van der Waals surface area contributed by atoms with Crippen LogP contribution in [0.4, 0.5) is 0 Å². The van der Waals surface area contributed by atoms with Crippen LogP contribution in [0.15, 0.2) is 30.9 Å². The average molecular weight is 316 g/mol. The molecule has 1 amide bonds. The lowest BCUT2D eigenvalue weighted by molar-refractivity contribution is -0.144. The van der Waals surface area contributed by atoms with Crippen molar-refractivity contribution in [3.05, 3.63) is 42.0 Å². The van der Waals surface area contributed by atoms with Crippen LogP contribution in [0.25, 0.3) is 5.69 Å². The molecule has 2 N–H and O–H groups in total. The maximum Gasteiger partial charge on any atom is 0.331 e. The van der Waals surface area contributed by atoms with Gasteiger partial charge in [-0.05, 0) is 30.7 Å². The van der Waals surface area contributed by atoms with Crippen LogP contribution in [-0.2, 0) is 9.53 Å². The number of benzene rings is 1. The number of nitrogens with zero attached hydrogens (tertiary/aromatic N) is 3. The fourth-order valence-corrected chi connectivity index (χ4v) is 2.56. The molecule has 3 rings (SSSR count). The van der Waals surface area contributed by atoms with Gasteiger partial charge in [-0.1, -0.05) is 0 Å². The highest BCUT2D eigenvalue weighted by Crippen LogP contribution is 2.21. The Balaban J connectivity index is 1.83. The minimum Gasteiger partial charge on any atom is -0.479 e. The van der Waals surface area contributed by atoms with E-state index in [1.54, 1.807) is 29.2 Å². The molecule has 2 heterocycles. The van der Waals surface area contributed by atoms with E-state index in [0.29, 0.717) is 12.2 Å². The number of rotatable bonds is 4. The second-order valence-electron chi connectivity index (χ2n) is 5.49. The zero-order valence-corrected chi connectivity index (χ0v) is 12.5. The van der Waals surface area contributed by atoms with Crippen LogP contribution in [-0.4, -0.2) is 50.5 Å². The number of hydrogen-bond donors (Lipinski definition) is 2. The molecule has 1 aliphatic rings. The molecule has 8 heteroatoms. The third-order valence-corrected chi connectivity index (χ3v) is 3.91. The Hall–Kier alpha value is -2.74. The molecular formula is C15H16N4O4. The van der Waals surface area contributed by atoms with Gasteiger partial charge in [-0.15, -0.1) is 0 Å². The zero-order valence-electron chi connectivity index (χ0n) is 12.5. The molecule has 1 aromatic carbocycles. The van der Waals surface area contributed by atoms with E-state index < -0.39 is 17.4 Å². The van der Waals surface area contributed by atoms with Gasteiger partial charge in [0, 0.05) is 18.6 Å². The van der Waals surface area contributed by atoms with Gasteiger partial charge in [0.25, 0.3) is 5.91 Å². The Morgan fingerprint density at radius 1 is 1.43 bits per heavy atom. The van der Waals surface area contributed by atoms with Crippen LogP contribution >= 0.6 is 0 Å². The molecule has 0 radical (unpaired) electrons. The zero-order chi connectivity index (χ0) is 16.4. The first kappa shape index (κ1) is 15.2. The van der Waals surface area contributed by atoms with Crippen LogP contribution in [0.3, 0.4) is 0 Å². The lowest BCUT2D eigenvalue weighted by Gasteiger charge is -2.23. The Labute approximate surface area is 132 Å². The summed E-state index contributed by atoms with van der Waals surface area (Å²) in [7, 11) is 0. The molecule has 1 aliphatic heterocycles. The van der Waals surface area contributed by atoms with E-state index in [-0.39, 0.29) is 13.0 Å². The highest BCUT2D eigenvalue weighted by atomic mass is 16.5. The summed E-state index contributed by atoms with van der Waals surface area (Å²) in [6.45, 7) is 2.14. The summed E-state index contributed by atoms with van der Waals surface area (Å²) >= 11 is 0. The first-order valence-electron chi connectivity index (χ1n) is 7.11. The minimum atomic E-state index is -1.35. The molecule has 1 unspecified atom stereocenters. The van der Waals surface area contributed by atoms with Gasteiger partial charge in [0.15, 0.2) is 5.54 Å². The summed E-state index contributed by atoms with van der Waals surface area (Å²) in [5.41, 5.74) is 0.667. The van der Waals surface area contributed by atoms with Crippen molar-refractivity contribution >= 4 is 11.9 Å². The number of carboxylic acids is 1. The number of carboxylic acid groups (broad SMARTS) is 1. The van der Waals surface area contributed by atoms with Gasteiger partial charge < -0.3 is 15.2 Å². The Bertz CT molecular complexity index is 736. The number of aryl methyl sites for hydroxylation is 1. The minimum absolute atomic E-state index is 0.0237. The second-order valence-corrected chi connectivity index (χ2v) is 5.49. The van der Waals surface area contributed by atoms with E-state index in [4.69, 9.17) is 4.74 Å². The summed E-state index contributed by atoms with van der Waals surface area (Å²) < 4.78 is 6.73. The van der Waals surface area contributed by atoms with Gasteiger partial charge >= 0.3 is 5.97 Å². The fourth-order valence-electron chi connectivity index (χ4n) is 2.56. The number of nitrogens with one attached hydrogen (secondary N) is 1. The largest absolute Gasteiger partial charge is 0.479 e. The van der Waals surface area contributed by atoms with Crippen molar-refractivity contribution in [1.29, 1.82) is 0 Å². The van der Waals surface area contributed by atoms with Gasteiger partial charge in [0.1, 0.15) is 12.7 Å². The Morgan fingerprint density at radius 2 is 2.26 bits per heavy atom. The molecule has 0 spiro atoms. The monoisotopic (exact) mass is 316 g/mol. The number of carbonyl (C=O) groups excluding carboxylic acids is 1. The smallest absolute Gasteiger partial charge is 0.331 e. The van der Waals surface area contributed by atoms with E-state index >= 15 is 0 Å². The third-order valence-electron chi connectivity index (χ3n) is 3.91. The summed E-state index contributed by atoms with van der Waals surface area (Å²) in [6, 6.07) is 5.07. The molecule has 8 nitrogen and oxygen atoms in total. The lowest BCUT2D eigenvalue weighted by Crippen LogP contribution is -2.55. The number of hydrogen-bond acceptors (Lipinski definition) is 5. The van der Waals surface area contributed by atoms with E-state index in [1.807, 2.05) is 6.92 Å². The van der Waals surface area contributed by atoms with Crippen LogP contribution in [0, 0.1) is 6.92 Å². The van der Waals surface area contributed by atoms with Crippen molar-refractivity contribution in [3.63, 3.8) is 0 Å². The van der Waals surface area contributed by atoms with E-state index in [2.05, 4.69) is 15.4 Å². The number of aromatic nitrogens is 3. The van der Waals surface area contributed by atoms with Gasteiger partial charge in [-0.2, -0.15) is 5.10 Å². The molecule has 0 saturated carbocycles. The number of ether oxygens (including phenoxy) is 1. The second kappa shape index (κ2) is 5.81. The van der Waals surface area contributed by atoms with Gasteiger partial charge in [-0.25, -0.2) is 14.5 Å². The highest BCUT2D eigenvalue weighted by molar-refractivity contribution is 5.98. The van der Waals surface area contributed by atoms with Crippen LogP contribution in [0.5, 0.6) is 0 Å². The van der Waals surface area contributed by atoms with Crippen molar-refractivity contribution < 1.29 is 19.4 Å². The molecule has 23 heavy (non-hydrogen) atoms. The predicted molar refractivity (Wildman–Crippen MR) is 79.4 cm³/mol. The normalized spacial score (nSPS) is 20.4. The average Bonchev–Trinajstić information content (AvgIpc) is 3.19. The van der Waals surface area contributed by atoms with Gasteiger partial charge in [0.05, 0.1) is 12.3 Å². The molecule has 1 fully saturated rings. The van der Waals surface area contributed by atoms with Crippen molar-refractivity contribution in [2.75, 3.05) is 13.2 Å². The Kier molecular flexibility index (Phi) is 3.83. The Morgan fingerprint density at radius 3 is 2.83 bits per heavy atom. The molecular weight excluding hydrogens is 300 g/mol. The summed E-state index contributed by atoms with van der Waals surface area (Å²) in [6.07, 6.45) is 3.25. The van der Waals surface area contributed by atoms with Crippen molar-refractivity contribution in [2.24, 2.45) is 0 Å². The van der Waals surface area contributed by atoms with E-state index in [0.717, 1.165) is 11.3 Å². The predicted octanol–water partition coefficient (Wildman–Crippen LogP) is 0.549. The molecule has 120 valence electrons. The van der Waals surface area contributed by atoms with Crippen molar-refractivity contribution in [1.82, 2.24) is 20.1 Å². The van der Waals surface area contributed by atoms with E-state index in [1.165, 1.54) is 6.33 Å². The maximum absolute atomic E-state index is 12.4. The standard InChI is InChI=1S/C15H16N4O4/c1-10-6-11(2-3-12(10)19-9-16-8-17-19)13(20)18-15(14(21)22)4-5-23-7-15/h2-3,6,8-9H,4-5,7H2,1H3,(H,18,20)(H,21,22).